The smallest absolute Gasteiger partial charge is 0.323 e. The molecule has 2 amide bonds. The number of halogens is 2. The second-order valence-corrected chi connectivity index (χ2v) is 6.71. The average Bonchev–Trinajstić information content (AvgIpc) is 3.26. The van der Waals surface area contributed by atoms with E-state index in [1.54, 1.807) is 30.6 Å². The Morgan fingerprint density at radius 1 is 0.966 bits per heavy atom. The number of urea groups is 1. The lowest BCUT2D eigenvalue weighted by Crippen LogP contribution is -2.21. The molecule has 0 spiro atoms. The Morgan fingerprint density at radius 2 is 1.76 bits per heavy atom. The number of aromatic nitrogens is 2. The van der Waals surface area contributed by atoms with Crippen molar-refractivity contribution in [1.29, 1.82) is 0 Å². The van der Waals surface area contributed by atoms with Gasteiger partial charge in [-0.3, -0.25) is 4.98 Å². The Labute approximate surface area is 166 Å². The maximum absolute atomic E-state index is 13.7. The van der Waals surface area contributed by atoms with E-state index in [1.807, 2.05) is 6.07 Å². The van der Waals surface area contributed by atoms with E-state index in [4.69, 9.17) is 0 Å². The van der Waals surface area contributed by atoms with Crippen molar-refractivity contribution in [3.05, 3.63) is 66.5 Å². The molecule has 3 aromatic rings. The summed E-state index contributed by atoms with van der Waals surface area (Å²) in [5.41, 5.74) is 1.79. The van der Waals surface area contributed by atoms with Gasteiger partial charge in [0.05, 0.1) is 5.69 Å². The van der Waals surface area contributed by atoms with Crippen LogP contribution < -0.4 is 15.5 Å². The van der Waals surface area contributed by atoms with Gasteiger partial charge in [0.2, 0.25) is 0 Å². The maximum atomic E-state index is 13.7. The van der Waals surface area contributed by atoms with Gasteiger partial charge in [0, 0.05) is 42.8 Å². The van der Waals surface area contributed by atoms with Crippen LogP contribution in [0.5, 0.6) is 0 Å². The van der Waals surface area contributed by atoms with Crippen molar-refractivity contribution in [3.8, 4) is 11.3 Å². The van der Waals surface area contributed by atoms with Crippen LogP contribution in [-0.4, -0.2) is 29.1 Å². The zero-order chi connectivity index (χ0) is 20.2. The van der Waals surface area contributed by atoms with E-state index < -0.39 is 17.7 Å². The first-order valence-corrected chi connectivity index (χ1v) is 9.29. The van der Waals surface area contributed by atoms with Crippen LogP contribution in [0.25, 0.3) is 11.3 Å². The van der Waals surface area contributed by atoms with E-state index in [0.29, 0.717) is 5.69 Å². The van der Waals surface area contributed by atoms with Crippen LogP contribution in [0.4, 0.5) is 30.8 Å². The standard InChI is InChI=1S/C21H19F2N5O/c22-15-6-7-17(23)18(13-15)27-21(29)26-16-5-3-4-14(12-16)19-20(25-9-8-24-19)28-10-1-2-11-28/h3-9,12-13H,1-2,10-11H2,(H2,26,27,29). The number of benzene rings is 2. The second-order valence-electron chi connectivity index (χ2n) is 6.71. The van der Waals surface area contributed by atoms with Crippen molar-refractivity contribution in [2.24, 2.45) is 0 Å². The lowest BCUT2D eigenvalue weighted by Gasteiger charge is -2.19. The summed E-state index contributed by atoms with van der Waals surface area (Å²) < 4.78 is 27.0. The molecule has 1 aromatic heterocycles. The van der Waals surface area contributed by atoms with Crippen LogP contribution >= 0.6 is 0 Å². The summed E-state index contributed by atoms with van der Waals surface area (Å²) in [7, 11) is 0. The molecule has 6 nitrogen and oxygen atoms in total. The summed E-state index contributed by atoms with van der Waals surface area (Å²) in [6.45, 7) is 1.87. The predicted octanol–water partition coefficient (Wildman–Crippen LogP) is 4.67. The highest BCUT2D eigenvalue weighted by Gasteiger charge is 2.19. The first-order chi connectivity index (χ1) is 14.1. The Kier molecular flexibility index (Phi) is 5.33. The van der Waals surface area contributed by atoms with E-state index in [0.717, 1.165) is 61.2 Å². The summed E-state index contributed by atoms with van der Waals surface area (Å²) in [5.74, 6) is -0.542. The van der Waals surface area contributed by atoms with Crippen LogP contribution in [0.3, 0.4) is 0 Å². The highest BCUT2D eigenvalue weighted by Crippen LogP contribution is 2.30. The fraction of sp³-hybridized carbons (Fsp3) is 0.190. The molecule has 2 heterocycles. The fourth-order valence-corrected chi connectivity index (χ4v) is 3.32. The molecule has 1 fully saturated rings. The lowest BCUT2D eigenvalue weighted by atomic mass is 10.1. The van der Waals surface area contributed by atoms with Gasteiger partial charge in [-0.1, -0.05) is 12.1 Å². The summed E-state index contributed by atoms with van der Waals surface area (Å²) in [6, 6.07) is 9.34. The summed E-state index contributed by atoms with van der Waals surface area (Å²) >= 11 is 0. The number of hydrogen-bond acceptors (Lipinski definition) is 4. The topological polar surface area (TPSA) is 70.2 Å². The molecule has 0 bridgehead atoms. The van der Waals surface area contributed by atoms with E-state index in [1.165, 1.54) is 0 Å². The predicted molar refractivity (Wildman–Crippen MR) is 108 cm³/mol. The van der Waals surface area contributed by atoms with Crippen LogP contribution in [0.2, 0.25) is 0 Å². The Balaban J connectivity index is 1.54. The van der Waals surface area contributed by atoms with Gasteiger partial charge in [-0.05, 0) is 37.1 Å². The van der Waals surface area contributed by atoms with Gasteiger partial charge < -0.3 is 15.5 Å². The van der Waals surface area contributed by atoms with E-state index in [-0.39, 0.29) is 5.69 Å². The monoisotopic (exact) mass is 395 g/mol. The molecule has 29 heavy (non-hydrogen) atoms. The third kappa shape index (κ3) is 4.31. The quantitative estimate of drug-likeness (QED) is 0.674. The summed E-state index contributed by atoms with van der Waals surface area (Å²) in [5, 5.41) is 4.95. The van der Waals surface area contributed by atoms with Gasteiger partial charge in [-0.2, -0.15) is 0 Å². The van der Waals surface area contributed by atoms with Crippen molar-refractivity contribution >= 4 is 23.2 Å². The molecule has 2 aromatic carbocycles. The van der Waals surface area contributed by atoms with Crippen molar-refractivity contribution in [2.45, 2.75) is 12.8 Å². The maximum Gasteiger partial charge on any atom is 0.323 e. The Morgan fingerprint density at radius 3 is 2.59 bits per heavy atom. The average molecular weight is 395 g/mol. The highest BCUT2D eigenvalue weighted by molar-refractivity contribution is 6.00. The molecular weight excluding hydrogens is 376 g/mol. The fourth-order valence-electron chi connectivity index (χ4n) is 3.32. The van der Waals surface area contributed by atoms with Crippen molar-refractivity contribution in [3.63, 3.8) is 0 Å². The molecule has 1 saturated heterocycles. The molecule has 148 valence electrons. The van der Waals surface area contributed by atoms with Gasteiger partial charge >= 0.3 is 6.03 Å². The molecule has 0 unspecified atom stereocenters. The van der Waals surface area contributed by atoms with Gasteiger partial charge in [0.15, 0.2) is 5.82 Å². The number of carbonyl (C=O) groups is 1. The van der Waals surface area contributed by atoms with E-state index in [9.17, 15) is 13.6 Å². The first-order valence-electron chi connectivity index (χ1n) is 9.29. The lowest BCUT2D eigenvalue weighted by molar-refractivity contribution is 0.262. The molecule has 4 rings (SSSR count). The third-order valence-corrected chi connectivity index (χ3v) is 4.66. The van der Waals surface area contributed by atoms with Gasteiger partial charge in [0.25, 0.3) is 0 Å². The zero-order valence-corrected chi connectivity index (χ0v) is 15.5. The van der Waals surface area contributed by atoms with Crippen molar-refractivity contribution in [2.75, 3.05) is 28.6 Å². The first kappa shape index (κ1) is 18.8. The molecule has 8 heteroatoms. The summed E-state index contributed by atoms with van der Waals surface area (Å²) in [4.78, 5) is 23.4. The molecule has 2 N–H and O–H groups in total. The van der Waals surface area contributed by atoms with Gasteiger partial charge in [0.1, 0.15) is 17.3 Å². The molecule has 0 atom stereocenters. The SMILES string of the molecule is O=C(Nc1cccc(-c2nccnc2N2CCCC2)c1)Nc1cc(F)ccc1F. The van der Waals surface area contributed by atoms with Gasteiger partial charge in [-0.25, -0.2) is 18.6 Å². The summed E-state index contributed by atoms with van der Waals surface area (Å²) in [6.07, 6.45) is 5.54. The molecule has 0 aliphatic carbocycles. The molecular formula is C21H19F2N5O. The number of rotatable bonds is 4. The number of carbonyl (C=O) groups excluding carboxylic acids is 1. The van der Waals surface area contributed by atoms with Crippen LogP contribution in [0.15, 0.2) is 54.9 Å². The number of anilines is 3. The van der Waals surface area contributed by atoms with E-state index >= 15 is 0 Å². The largest absolute Gasteiger partial charge is 0.355 e. The van der Waals surface area contributed by atoms with Crippen molar-refractivity contribution < 1.29 is 13.6 Å². The number of nitrogens with one attached hydrogen (secondary N) is 2. The third-order valence-electron chi connectivity index (χ3n) is 4.66. The van der Waals surface area contributed by atoms with Gasteiger partial charge in [-0.15, -0.1) is 0 Å². The molecule has 1 aliphatic heterocycles. The number of nitrogens with zero attached hydrogens (tertiary/aromatic N) is 3. The molecule has 0 radical (unpaired) electrons. The Hall–Kier alpha value is -3.55. The number of hydrogen-bond donors (Lipinski definition) is 2. The minimum Gasteiger partial charge on any atom is -0.355 e. The molecule has 0 saturated carbocycles. The van der Waals surface area contributed by atoms with E-state index in [2.05, 4.69) is 25.5 Å². The minimum absolute atomic E-state index is 0.232. The number of amides is 2. The van der Waals surface area contributed by atoms with Crippen molar-refractivity contribution in [1.82, 2.24) is 9.97 Å². The highest BCUT2D eigenvalue weighted by atomic mass is 19.1. The second kappa shape index (κ2) is 8.22. The molecule has 1 aliphatic rings. The zero-order valence-electron chi connectivity index (χ0n) is 15.5. The Bertz CT molecular complexity index is 1040. The minimum atomic E-state index is -0.717. The normalized spacial score (nSPS) is 13.4. The van der Waals surface area contributed by atoms with Crippen LogP contribution in [-0.2, 0) is 0 Å². The van der Waals surface area contributed by atoms with Crippen LogP contribution in [0, 0.1) is 11.6 Å². The van der Waals surface area contributed by atoms with Crippen LogP contribution in [0.1, 0.15) is 12.8 Å².